The first-order chi connectivity index (χ1) is 31.4. The number of hydrazone groups is 1. The summed E-state index contributed by atoms with van der Waals surface area (Å²) < 4.78 is 24.2. The van der Waals surface area contributed by atoms with E-state index < -0.39 is 0 Å². The second-order valence-corrected chi connectivity index (χ2v) is 19.2. The fraction of sp³-hybridized carbons (Fsp3) is 0.674. The lowest BCUT2D eigenvalue weighted by atomic mass is 10.0. The largest absolute Gasteiger partial charge is 0.379 e. The SMILES string of the molecule is O=C(CCCC[C@@H]1SC[C@@H]2NC(=O)N[C@@H]21)CCCOCCOCCOCCOCCC(=O)CCCCCCCn1cc(CN(N=C2CCCC2)c2nc(-c3ccc(Cl)cc3)cs2)nn1. The number of Topliss-reactive ketones (excluding diaryl/α,β-unsaturated/α-hetero) is 2. The summed E-state index contributed by atoms with van der Waals surface area (Å²) >= 11 is 9.59. The van der Waals surface area contributed by atoms with Gasteiger partial charge in [-0.15, -0.1) is 16.4 Å². The van der Waals surface area contributed by atoms with Crippen LogP contribution in [0, 0.1) is 0 Å². The number of carbonyl (C=O) groups excluding carboxylic acids is 3. The molecule has 3 fully saturated rings. The van der Waals surface area contributed by atoms with Crippen LogP contribution in [0.2, 0.25) is 5.02 Å². The molecule has 6 rings (SSSR count). The molecule has 3 atom stereocenters. The van der Waals surface area contributed by atoms with E-state index in [1.54, 1.807) is 11.3 Å². The molecule has 352 valence electrons. The van der Waals surface area contributed by atoms with Crippen molar-refractivity contribution in [2.24, 2.45) is 5.10 Å². The summed E-state index contributed by atoms with van der Waals surface area (Å²) in [4.78, 5) is 41.0. The summed E-state index contributed by atoms with van der Waals surface area (Å²) in [5, 5.41) is 25.9. The number of aromatic nitrogens is 4. The van der Waals surface area contributed by atoms with E-state index in [-0.39, 0.29) is 29.7 Å². The summed E-state index contributed by atoms with van der Waals surface area (Å²) in [6, 6.07) is 8.17. The van der Waals surface area contributed by atoms with E-state index >= 15 is 0 Å². The molecule has 4 heterocycles. The zero-order chi connectivity index (χ0) is 44.6. The second kappa shape index (κ2) is 28.6. The molecule has 18 heteroatoms. The third kappa shape index (κ3) is 18.1. The van der Waals surface area contributed by atoms with Crippen LogP contribution in [0.1, 0.15) is 115 Å². The van der Waals surface area contributed by atoms with Crippen LogP contribution in [0.25, 0.3) is 11.3 Å². The van der Waals surface area contributed by atoms with Crippen LogP contribution in [-0.4, -0.2) is 119 Å². The zero-order valence-electron chi connectivity index (χ0n) is 37.2. The number of thiazole rings is 1. The van der Waals surface area contributed by atoms with Crippen molar-refractivity contribution in [3.63, 3.8) is 0 Å². The summed E-state index contributed by atoms with van der Waals surface area (Å²) in [6.45, 7) is 5.11. The van der Waals surface area contributed by atoms with E-state index in [4.69, 9.17) is 40.6 Å². The molecule has 1 aromatic carbocycles. The minimum Gasteiger partial charge on any atom is -0.379 e. The van der Waals surface area contributed by atoms with Crippen molar-refractivity contribution >= 4 is 63.1 Å². The smallest absolute Gasteiger partial charge is 0.315 e. The molecule has 3 aliphatic rings. The highest BCUT2D eigenvalue weighted by atomic mass is 35.5. The van der Waals surface area contributed by atoms with Gasteiger partial charge in [-0.25, -0.2) is 14.8 Å². The number of nitrogens with zero attached hydrogens (tertiary/aromatic N) is 6. The van der Waals surface area contributed by atoms with Gasteiger partial charge in [0.2, 0.25) is 5.13 Å². The van der Waals surface area contributed by atoms with Gasteiger partial charge in [0.25, 0.3) is 0 Å². The van der Waals surface area contributed by atoms with Gasteiger partial charge in [0, 0.05) is 71.5 Å². The zero-order valence-corrected chi connectivity index (χ0v) is 39.6. The lowest BCUT2D eigenvalue weighted by Gasteiger charge is -2.16. The average molecular weight is 944 g/mol. The Morgan fingerprint density at radius 3 is 2.22 bits per heavy atom. The quantitative estimate of drug-likeness (QED) is 0.0333. The van der Waals surface area contributed by atoms with Crippen molar-refractivity contribution < 1.29 is 33.3 Å². The first-order valence-electron chi connectivity index (χ1n) is 23.4. The van der Waals surface area contributed by atoms with Gasteiger partial charge in [-0.3, -0.25) is 14.3 Å². The number of amides is 2. The molecule has 0 unspecified atom stereocenters. The molecule has 2 saturated heterocycles. The van der Waals surface area contributed by atoms with Gasteiger partial charge >= 0.3 is 6.03 Å². The number of ether oxygens (including phenoxy) is 4. The van der Waals surface area contributed by atoms with Crippen LogP contribution in [-0.2, 0) is 41.6 Å². The minimum atomic E-state index is -0.0524. The van der Waals surface area contributed by atoms with Crippen LogP contribution in [0.5, 0.6) is 0 Å². The molecule has 2 aliphatic heterocycles. The molecule has 1 saturated carbocycles. The normalized spacial score (nSPS) is 18.0. The average Bonchev–Trinajstić information content (AvgIpc) is 4.16. The third-order valence-electron chi connectivity index (χ3n) is 11.6. The molecule has 15 nitrogen and oxygen atoms in total. The van der Waals surface area contributed by atoms with Gasteiger partial charge in [0.15, 0.2) is 0 Å². The Hall–Kier alpha value is -3.45. The van der Waals surface area contributed by atoms with Crippen LogP contribution < -0.4 is 15.6 Å². The lowest BCUT2D eigenvalue weighted by Crippen LogP contribution is -2.36. The van der Waals surface area contributed by atoms with Crippen molar-refractivity contribution in [1.29, 1.82) is 0 Å². The van der Waals surface area contributed by atoms with Gasteiger partial charge in [-0.2, -0.15) is 16.9 Å². The first-order valence-corrected chi connectivity index (χ1v) is 25.7. The van der Waals surface area contributed by atoms with E-state index in [2.05, 4.69) is 26.3 Å². The molecular weight excluding hydrogens is 876 g/mol. The maximum absolute atomic E-state index is 12.3. The van der Waals surface area contributed by atoms with Crippen LogP contribution in [0.15, 0.2) is 40.9 Å². The Kier molecular flexibility index (Phi) is 22.3. The van der Waals surface area contributed by atoms with Gasteiger partial charge < -0.3 is 29.6 Å². The number of ketones is 2. The van der Waals surface area contributed by atoms with Crippen molar-refractivity contribution in [2.45, 2.75) is 140 Å². The van der Waals surface area contributed by atoms with E-state index in [1.807, 2.05) is 51.9 Å². The van der Waals surface area contributed by atoms with Gasteiger partial charge in [-0.1, -0.05) is 54.6 Å². The fourth-order valence-corrected chi connectivity index (χ4v) is 10.5. The van der Waals surface area contributed by atoms with Crippen LogP contribution >= 0.6 is 34.7 Å². The van der Waals surface area contributed by atoms with E-state index in [0.717, 1.165) is 105 Å². The molecule has 0 bridgehead atoms. The number of halogens is 1. The molecule has 2 N–H and O–H groups in total. The monoisotopic (exact) mass is 942 g/mol. The number of hydrogen-bond acceptors (Lipinski definition) is 14. The number of aryl methyl sites for hydroxylation is 1. The summed E-state index contributed by atoms with van der Waals surface area (Å²) in [5.74, 6) is 1.50. The highest BCUT2D eigenvalue weighted by Gasteiger charge is 2.42. The number of thioether (sulfide) groups is 1. The highest BCUT2D eigenvalue weighted by Crippen LogP contribution is 2.33. The number of unbranched alkanes of at least 4 members (excludes halogenated alkanes) is 5. The summed E-state index contributed by atoms with van der Waals surface area (Å²) in [6.07, 6.45) is 17.4. The molecule has 2 aromatic heterocycles. The number of carbonyl (C=O) groups is 3. The van der Waals surface area contributed by atoms with E-state index in [9.17, 15) is 14.4 Å². The van der Waals surface area contributed by atoms with Gasteiger partial charge in [0.05, 0.1) is 76.8 Å². The predicted molar refractivity (Wildman–Crippen MR) is 253 cm³/mol. The number of anilines is 1. The fourth-order valence-electron chi connectivity index (χ4n) is 8.02. The Bertz CT molecular complexity index is 1870. The third-order valence-corrected chi connectivity index (χ3v) is 14.2. The molecule has 3 aromatic rings. The van der Waals surface area contributed by atoms with Crippen molar-refractivity contribution in [3.8, 4) is 11.3 Å². The molecule has 1 aliphatic carbocycles. The lowest BCUT2D eigenvalue weighted by molar-refractivity contribution is -0.120. The number of urea groups is 1. The molecule has 2 amide bonds. The first kappa shape index (κ1) is 50.0. The van der Waals surface area contributed by atoms with Crippen LogP contribution in [0.3, 0.4) is 0 Å². The summed E-state index contributed by atoms with van der Waals surface area (Å²) in [7, 11) is 0. The van der Waals surface area contributed by atoms with E-state index in [1.165, 1.54) is 18.6 Å². The topological polar surface area (TPSA) is 171 Å². The number of benzene rings is 1. The Morgan fingerprint density at radius 1 is 0.797 bits per heavy atom. The van der Waals surface area contributed by atoms with Gasteiger partial charge in [-0.05, 0) is 69.9 Å². The predicted octanol–water partition coefficient (Wildman–Crippen LogP) is 8.43. The summed E-state index contributed by atoms with van der Waals surface area (Å²) in [5.41, 5.74) is 4.00. The number of hydrogen-bond donors (Lipinski definition) is 2. The molecular formula is C46H67ClN8O7S2. The van der Waals surface area contributed by atoms with Crippen LogP contribution in [0.4, 0.5) is 9.93 Å². The van der Waals surface area contributed by atoms with Crippen molar-refractivity contribution in [1.82, 2.24) is 30.6 Å². The Balaban J connectivity index is 0.685. The maximum atomic E-state index is 12.3. The van der Waals surface area contributed by atoms with Crippen molar-refractivity contribution in [2.75, 3.05) is 63.6 Å². The number of nitrogens with one attached hydrogen (secondary N) is 2. The van der Waals surface area contributed by atoms with Gasteiger partial charge in [0.1, 0.15) is 17.3 Å². The minimum absolute atomic E-state index is 0.0524. The standard InChI is InChI=1S/C46H67ClN8O7S2/c47-36-19-17-35(18-20-36)41-33-64-46(49-41)55(52-37-11-5-6-12-37)32-38-31-54(53-51-38)22-9-3-1-2-4-13-40(57)21-24-60-26-28-62-30-29-61-27-25-59-23-10-15-39(56)14-7-8-16-43-44-42(34-63-43)48-45(58)50-44/h17-20,31,33,42-44H,1-16,21-30,32,34H2,(H2,48,50,58)/t42-,43-,44-/m0/s1. The molecule has 0 spiro atoms. The Labute approximate surface area is 391 Å². The number of rotatable bonds is 34. The Morgan fingerprint density at radius 2 is 1.45 bits per heavy atom. The van der Waals surface area contributed by atoms with E-state index in [0.29, 0.717) is 95.4 Å². The maximum Gasteiger partial charge on any atom is 0.315 e. The molecule has 0 radical (unpaired) electrons. The van der Waals surface area contributed by atoms with Crippen molar-refractivity contribution in [3.05, 3.63) is 46.6 Å². The molecule has 64 heavy (non-hydrogen) atoms. The highest BCUT2D eigenvalue weighted by molar-refractivity contribution is 8.00. The number of fused-ring (bicyclic) bond motifs is 1. The second-order valence-electron chi connectivity index (χ2n) is 16.7.